The first-order valence-electron chi connectivity index (χ1n) is 9.20. The van der Waals surface area contributed by atoms with Gasteiger partial charge in [-0.3, -0.25) is 9.69 Å². The number of ether oxygens (including phenoxy) is 2. The van der Waals surface area contributed by atoms with E-state index in [-0.39, 0.29) is 5.91 Å². The van der Waals surface area contributed by atoms with Gasteiger partial charge in [-0.1, -0.05) is 24.3 Å². The smallest absolute Gasteiger partial charge is 0.271 e. The molecule has 1 fully saturated rings. The van der Waals surface area contributed by atoms with Crippen molar-refractivity contribution in [3.63, 3.8) is 0 Å². The van der Waals surface area contributed by atoms with Gasteiger partial charge in [-0.05, 0) is 60.3 Å². The maximum absolute atomic E-state index is 13.3. The van der Waals surface area contributed by atoms with Crippen LogP contribution in [-0.4, -0.2) is 30.3 Å². The molecule has 0 N–H and O–H groups in total. The third-order valence-corrected chi connectivity index (χ3v) is 5.37. The van der Waals surface area contributed by atoms with E-state index < -0.39 is 0 Å². The molecule has 0 spiro atoms. The average Bonchev–Trinajstić information content (AvgIpc) is 3.09. The Hall–Kier alpha value is -3.58. The second kappa shape index (κ2) is 8.84. The molecule has 1 aliphatic heterocycles. The second-order valence-electron chi connectivity index (χ2n) is 6.28. The molecule has 0 aliphatic carbocycles. The van der Waals surface area contributed by atoms with Crippen LogP contribution in [0.4, 0.5) is 11.5 Å². The molecule has 7 heteroatoms. The van der Waals surface area contributed by atoms with E-state index in [1.165, 1.54) is 11.8 Å². The molecule has 30 heavy (non-hydrogen) atoms. The number of hydrogen-bond donors (Lipinski definition) is 0. The molecule has 0 bridgehead atoms. The summed E-state index contributed by atoms with van der Waals surface area (Å²) in [6, 6.07) is 20.4. The number of carbonyl (C=O) groups excluding carboxylic acids is 1. The molecule has 2 heterocycles. The molecule has 3 aromatic rings. The zero-order chi connectivity index (χ0) is 20.9. The van der Waals surface area contributed by atoms with E-state index in [1.807, 2.05) is 60.7 Å². The number of benzene rings is 2. The summed E-state index contributed by atoms with van der Waals surface area (Å²) in [5, 5.41) is 0.540. The van der Waals surface area contributed by atoms with Crippen LogP contribution in [0.5, 0.6) is 11.5 Å². The van der Waals surface area contributed by atoms with E-state index in [1.54, 1.807) is 37.5 Å². The number of para-hydroxylation sites is 1. The molecular formula is C23H19N3O3S. The largest absolute Gasteiger partial charge is 0.497 e. The van der Waals surface area contributed by atoms with Crippen LogP contribution in [0.3, 0.4) is 0 Å². The summed E-state index contributed by atoms with van der Waals surface area (Å²) in [6.07, 6.45) is 3.47. The molecule has 1 saturated heterocycles. The van der Waals surface area contributed by atoms with Crippen molar-refractivity contribution in [2.45, 2.75) is 0 Å². The summed E-state index contributed by atoms with van der Waals surface area (Å²) in [4.78, 5) is 24.3. The normalized spacial score (nSPS) is 16.3. The molecule has 0 saturated carbocycles. The van der Waals surface area contributed by atoms with Gasteiger partial charge in [0.25, 0.3) is 5.91 Å². The molecule has 2 aromatic carbocycles. The lowest BCUT2D eigenvalue weighted by Gasteiger charge is -2.15. The van der Waals surface area contributed by atoms with Crippen molar-refractivity contribution < 1.29 is 14.3 Å². The predicted molar refractivity (Wildman–Crippen MR) is 120 cm³/mol. The first kappa shape index (κ1) is 19.7. The SMILES string of the molecule is COc1ccc(OC)c(/C=C2\S/C(=N/c3ccccn3)N(c3ccccc3)C2=O)c1. The lowest BCUT2D eigenvalue weighted by Crippen LogP contribution is -2.28. The van der Waals surface area contributed by atoms with Crippen molar-refractivity contribution in [1.82, 2.24) is 4.98 Å². The summed E-state index contributed by atoms with van der Waals surface area (Å²) < 4.78 is 10.8. The van der Waals surface area contributed by atoms with Gasteiger partial charge in [0.15, 0.2) is 11.0 Å². The van der Waals surface area contributed by atoms with Gasteiger partial charge >= 0.3 is 0 Å². The fraction of sp³-hybridized carbons (Fsp3) is 0.0870. The van der Waals surface area contributed by atoms with Crippen molar-refractivity contribution >= 4 is 40.4 Å². The molecule has 4 rings (SSSR count). The Morgan fingerprint density at radius 2 is 1.80 bits per heavy atom. The van der Waals surface area contributed by atoms with E-state index in [0.29, 0.717) is 27.4 Å². The van der Waals surface area contributed by atoms with Gasteiger partial charge in [-0.15, -0.1) is 0 Å². The number of rotatable bonds is 5. The van der Waals surface area contributed by atoms with E-state index in [9.17, 15) is 4.79 Å². The lowest BCUT2D eigenvalue weighted by atomic mass is 10.1. The number of amides is 1. The summed E-state index contributed by atoms with van der Waals surface area (Å²) in [6.45, 7) is 0. The van der Waals surface area contributed by atoms with Crippen LogP contribution in [0.1, 0.15) is 5.56 Å². The Bertz CT molecular complexity index is 1120. The number of thioether (sulfide) groups is 1. The average molecular weight is 417 g/mol. The molecule has 0 unspecified atom stereocenters. The fourth-order valence-corrected chi connectivity index (χ4v) is 3.94. The topological polar surface area (TPSA) is 64.0 Å². The van der Waals surface area contributed by atoms with Crippen LogP contribution in [-0.2, 0) is 4.79 Å². The minimum absolute atomic E-state index is 0.161. The van der Waals surface area contributed by atoms with Gasteiger partial charge in [-0.2, -0.15) is 0 Å². The number of nitrogens with zero attached hydrogens (tertiary/aromatic N) is 3. The van der Waals surface area contributed by atoms with Gasteiger partial charge in [0.05, 0.1) is 24.8 Å². The van der Waals surface area contributed by atoms with Gasteiger partial charge in [-0.25, -0.2) is 9.98 Å². The summed E-state index contributed by atoms with van der Waals surface area (Å²) >= 11 is 1.30. The molecule has 0 atom stereocenters. The number of aromatic nitrogens is 1. The Labute approximate surface area is 178 Å². The number of carbonyl (C=O) groups is 1. The first-order chi connectivity index (χ1) is 14.7. The van der Waals surface area contributed by atoms with Crippen LogP contribution in [0.15, 0.2) is 82.8 Å². The maximum atomic E-state index is 13.3. The summed E-state index contributed by atoms with van der Waals surface area (Å²) in [7, 11) is 3.20. The van der Waals surface area contributed by atoms with Crippen molar-refractivity contribution in [1.29, 1.82) is 0 Å². The van der Waals surface area contributed by atoms with E-state index >= 15 is 0 Å². The molecule has 1 amide bonds. The Balaban J connectivity index is 1.79. The number of hydrogen-bond acceptors (Lipinski definition) is 6. The number of amidine groups is 1. The number of pyridine rings is 1. The zero-order valence-electron chi connectivity index (χ0n) is 16.5. The van der Waals surface area contributed by atoms with Gasteiger partial charge in [0.2, 0.25) is 0 Å². The number of aliphatic imine (C=N–C) groups is 1. The highest BCUT2D eigenvalue weighted by Gasteiger charge is 2.35. The molecule has 1 aromatic heterocycles. The van der Waals surface area contributed by atoms with Gasteiger partial charge in [0.1, 0.15) is 11.5 Å². The van der Waals surface area contributed by atoms with Crippen molar-refractivity contribution in [3.8, 4) is 11.5 Å². The molecule has 1 aliphatic rings. The third-order valence-electron chi connectivity index (χ3n) is 4.40. The molecule has 150 valence electrons. The highest BCUT2D eigenvalue weighted by atomic mass is 32.2. The third kappa shape index (κ3) is 4.06. The molecule has 6 nitrogen and oxygen atoms in total. The van der Waals surface area contributed by atoms with Crippen molar-refractivity contribution in [2.75, 3.05) is 19.1 Å². The standard InChI is InChI=1S/C23H19N3O3S/c1-28-18-11-12-19(29-2)16(14-18)15-20-22(27)26(17-8-4-3-5-9-17)23(30-20)25-21-10-6-7-13-24-21/h3-15H,1-2H3/b20-15-,25-23+. The number of anilines is 1. The summed E-state index contributed by atoms with van der Waals surface area (Å²) in [5.41, 5.74) is 1.49. The van der Waals surface area contributed by atoms with E-state index in [2.05, 4.69) is 9.98 Å². The minimum Gasteiger partial charge on any atom is -0.497 e. The van der Waals surface area contributed by atoms with Crippen molar-refractivity contribution in [3.05, 3.63) is 83.4 Å². The second-order valence-corrected chi connectivity index (χ2v) is 7.29. The maximum Gasteiger partial charge on any atom is 0.271 e. The Morgan fingerprint density at radius 3 is 2.50 bits per heavy atom. The van der Waals surface area contributed by atoms with E-state index in [0.717, 1.165) is 11.3 Å². The van der Waals surface area contributed by atoms with Crippen LogP contribution in [0.2, 0.25) is 0 Å². The highest BCUT2D eigenvalue weighted by molar-refractivity contribution is 8.19. The predicted octanol–water partition coefficient (Wildman–Crippen LogP) is 4.91. The zero-order valence-corrected chi connectivity index (χ0v) is 17.3. The van der Waals surface area contributed by atoms with E-state index in [4.69, 9.17) is 9.47 Å². The summed E-state index contributed by atoms with van der Waals surface area (Å²) in [5.74, 6) is 1.71. The van der Waals surface area contributed by atoms with Gasteiger partial charge < -0.3 is 9.47 Å². The Morgan fingerprint density at radius 1 is 1.00 bits per heavy atom. The fourth-order valence-electron chi connectivity index (χ4n) is 2.96. The monoisotopic (exact) mass is 417 g/mol. The van der Waals surface area contributed by atoms with Crippen molar-refractivity contribution in [2.24, 2.45) is 4.99 Å². The lowest BCUT2D eigenvalue weighted by molar-refractivity contribution is -0.113. The minimum atomic E-state index is -0.161. The van der Waals surface area contributed by atoms with Crippen LogP contribution in [0.25, 0.3) is 6.08 Å². The quantitative estimate of drug-likeness (QED) is 0.552. The van der Waals surface area contributed by atoms with Gasteiger partial charge in [0, 0.05) is 11.8 Å². The Kier molecular flexibility index (Phi) is 5.81. The molecular weight excluding hydrogens is 398 g/mol. The number of methoxy groups -OCH3 is 2. The first-order valence-corrected chi connectivity index (χ1v) is 10.0. The highest BCUT2D eigenvalue weighted by Crippen LogP contribution is 2.38. The van der Waals surface area contributed by atoms with Crippen LogP contribution >= 0.6 is 11.8 Å². The molecule has 0 radical (unpaired) electrons. The van der Waals surface area contributed by atoms with Crippen LogP contribution < -0.4 is 14.4 Å². The van der Waals surface area contributed by atoms with Crippen LogP contribution in [0, 0.1) is 0 Å².